The second-order valence-corrected chi connectivity index (χ2v) is 5.93. The summed E-state index contributed by atoms with van der Waals surface area (Å²) >= 11 is 0. The van der Waals surface area contributed by atoms with Crippen LogP contribution in [0.3, 0.4) is 0 Å². The monoisotopic (exact) mass is 345 g/mol. The summed E-state index contributed by atoms with van der Waals surface area (Å²) < 4.78 is 12.7. The normalized spacial score (nSPS) is 12.8. The van der Waals surface area contributed by atoms with Crippen molar-refractivity contribution in [2.24, 2.45) is 0 Å². The molecule has 2 aromatic carbocycles. The maximum Gasteiger partial charge on any atom is 0.161 e. The first-order valence-electron chi connectivity index (χ1n) is 8.25. The van der Waals surface area contributed by atoms with Gasteiger partial charge in [0.05, 0.1) is 26.1 Å². The van der Waals surface area contributed by atoms with Gasteiger partial charge >= 0.3 is 0 Å². The summed E-state index contributed by atoms with van der Waals surface area (Å²) in [5.74, 6) is 2.25. The van der Waals surface area contributed by atoms with Gasteiger partial charge in [0.2, 0.25) is 0 Å². The Hall–Kier alpha value is -3.47. The third-order valence-electron chi connectivity index (χ3n) is 4.35. The number of benzene rings is 2. The van der Waals surface area contributed by atoms with Gasteiger partial charge in [0.25, 0.3) is 0 Å². The minimum absolute atomic E-state index is 0.679. The number of rotatable bonds is 4. The average Bonchev–Trinajstić information content (AvgIpc) is 3.11. The number of nitrogens with zero attached hydrogens (tertiary/aromatic N) is 2. The van der Waals surface area contributed by atoms with Crippen LogP contribution in [0.25, 0.3) is 16.8 Å². The van der Waals surface area contributed by atoms with Gasteiger partial charge in [-0.15, -0.1) is 0 Å². The van der Waals surface area contributed by atoms with Crippen molar-refractivity contribution in [1.29, 1.82) is 0 Å². The third kappa shape index (κ3) is 2.63. The summed E-state index contributed by atoms with van der Waals surface area (Å²) in [5, 5.41) is 7.93. The zero-order valence-corrected chi connectivity index (χ0v) is 14.7. The lowest BCUT2D eigenvalue weighted by Gasteiger charge is -2.20. The molecule has 0 saturated carbocycles. The fourth-order valence-electron chi connectivity index (χ4n) is 3.10. The van der Waals surface area contributed by atoms with E-state index in [1.54, 1.807) is 14.2 Å². The Bertz CT molecular complexity index is 1000. The number of allylic oxidation sites excluding steroid dienone is 1. The first kappa shape index (κ1) is 16.0. The van der Waals surface area contributed by atoms with Gasteiger partial charge in [0, 0.05) is 16.8 Å². The molecule has 0 unspecified atom stereocenters. The highest BCUT2D eigenvalue weighted by Crippen LogP contribution is 2.38. The second kappa shape index (κ2) is 6.44. The highest BCUT2D eigenvalue weighted by atomic mass is 16.5. The van der Waals surface area contributed by atoms with E-state index in [0.29, 0.717) is 11.5 Å². The third-order valence-corrected chi connectivity index (χ3v) is 4.35. The molecule has 1 aliphatic rings. The number of anilines is 1. The van der Waals surface area contributed by atoms with Crippen LogP contribution in [0, 0.1) is 0 Å². The van der Waals surface area contributed by atoms with Gasteiger partial charge in [-0.2, -0.15) is 5.10 Å². The lowest BCUT2D eigenvalue weighted by Crippen LogP contribution is -2.13. The molecule has 3 aromatic rings. The summed E-state index contributed by atoms with van der Waals surface area (Å²) in [6.45, 7) is 4.09. The van der Waals surface area contributed by atoms with Crippen LogP contribution in [0.4, 0.5) is 5.82 Å². The molecule has 0 atom stereocenters. The van der Waals surface area contributed by atoms with Crippen LogP contribution in [0.2, 0.25) is 0 Å². The molecule has 1 aromatic heterocycles. The van der Waals surface area contributed by atoms with Crippen molar-refractivity contribution < 1.29 is 9.47 Å². The number of hydrogen-bond donors (Lipinski definition) is 1. The SMILES string of the molecule is C=C1C=C(c2ccccc2)n2ncc(-c3ccc(OC)c(OC)c3)c2N1. The Labute approximate surface area is 152 Å². The minimum atomic E-state index is 0.679. The number of hydrogen-bond acceptors (Lipinski definition) is 4. The van der Waals surface area contributed by atoms with Gasteiger partial charge in [-0.1, -0.05) is 43.0 Å². The minimum Gasteiger partial charge on any atom is -0.493 e. The fourth-order valence-corrected chi connectivity index (χ4v) is 3.10. The lowest BCUT2D eigenvalue weighted by atomic mass is 10.1. The predicted molar refractivity (Wildman–Crippen MR) is 103 cm³/mol. The first-order chi connectivity index (χ1) is 12.7. The molecule has 0 saturated heterocycles. The maximum absolute atomic E-state index is 5.43. The Morgan fingerprint density at radius 1 is 0.962 bits per heavy atom. The molecular formula is C21H19N3O2. The molecule has 0 bridgehead atoms. The Morgan fingerprint density at radius 2 is 1.73 bits per heavy atom. The Kier molecular flexibility index (Phi) is 3.97. The lowest BCUT2D eigenvalue weighted by molar-refractivity contribution is 0.355. The zero-order chi connectivity index (χ0) is 18.1. The molecule has 4 rings (SSSR count). The topological polar surface area (TPSA) is 48.3 Å². The zero-order valence-electron chi connectivity index (χ0n) is 14.7. The molecule has 1 N–H and O–H groups in total. The van der Waals surface area contributed by atoms with E-state index in [9.17, 15) is 0 Å². The molecule has 0 amide bonds. The number of fused-ring (bicyclic) bond motifs is 1. The van der Waals surface area contributed by atoms with Crippen LogP contribution in [0.1, 0.15) is 5.56 Å². The molecule has 26 heavy (non-hydrogen) atoms. The molecule has 0 radical (unpaired) electrons. The fraction of sp³-hybridized carbons (Fsp3) is 0.0952. The molecule has 5 heteroatoms. The summed E-state index contributed by atoms with van der Waals surface area (Å²) in [7, 11) is 3.26. The van der Waals surface area contributed by atoms with E-state index < -0.39 is 0 Å². The van der Waals surface area contributed by atoms with Crippen molar-refractivity contribution in [1.82, 2.24) is 9.78 Å². The highest BCUT2D eigenvalue weighted by molar-refractivity contribution is 5.85. The highest BCUT2D eigenvalue weighted by Gasteiger charge is 2.21. The van der Waals surface area contributed by atoms with Crippen LogP contribution in [-0.4, -0.2) is 24.0 Å². The average molecular weight is 345 g/mol. The molecule has 2 heterocycles. The van der Waals surface area contributed by atoms with Gasteiger partial charge < -0.3 is 14.8 Å². The van der Waals surface area contributed by atoms with E-state index in [-0.39, 0.29) is 0 Å². The van der Waals surface area contributed by atoms with Crippen molar-refractivity contribution >= 4 is 11.5 Å². The van der Waals surface area contributed by atoms with E-state index in [2.05, 4.69) is 29.1 Å². The molecule has 1 aliphatic heterocycles. The van der Waals surface area contributed by atoms with Crippen molar-refractivity contribution in [3.05, 3.63) is 78.6 Å². The number of aromatic nitrogens is 2. The van der Waals surface area contributed by atoms with Crippen molar-refractivity contribution in [2.45, 2.75) is 0 Å². The second-order valence-electron chi connectivity index (χ2n) is 5.93. The summed E-state index contributed by atoms with van der Waals surface area (Å²) in [6, 6.07) is 16.0. The van der Waals surface area contributed by atoms with E-state index in [1.807, 2.05) is 53.4 Å². The van der Waals surface area contributed by atoms with Crippen molar-refractivity contribution in [3.63, 3.8) is 0 Å². The Morgan fingerprint density at radius 3 is 2.46 bits per heavy atom. The summed E-state index contributed by atoms with van der Waals surface area (Å²) in [4.78, 5) is 0. The molecule has 0 spiro atoms. The number of ether oxygens (including phenoxy) is 2. The van der Waals surface area contributed by atoms with Crippen LogP contribution < -0.4 is 14.8 Å². The van der Waals surface area contributed by atoms with Crippen LogP contribution in [0.5, 0.6) is 11.5 Å². The van der Waals surface area contributed by atoms with E-state index in [4.69, 9.17) is 9.47 Å². The summed E-state index contributed by atoms with van der Waals surface area (Å²) in [6.07, 6.45) is 3.84. The van der Waals surface area contributed by atoms with Crippen molar-refractivity contribution in [2.75, 3.05) is 19.5 Å². The number of nitrogens with one attached hydrogen (secondary N) is 1. The van der Waals surface area contributed by atoms with Gasteiger partial charge in [-0.05, 0) is 23.8 Å². The quantitative estimate of drug-likeness (QED) is 0.761. The van der Waals surface area contributed by atoms with Gasteiger partial charge in [-0.3, -0.25) is 0 Å². The first-order valence-corrected chi connectivity index (χ1v) is 8.25. The van der Waals surface area contributed by atoms with Crippen LogP contribution in [0.15, 0.2) is 73.1 Å². The van der Waals surface area contributed by atoms with E-state index in [1.165, 1.54) is 0 Å². The smallest absolute Gasteiger partial charge is 0.161 e. The van der Waals surface area contributed by atoms with Crippen molar-refractivity contribution in [3.8, 4) is 22.6 Å². The van der Waals surface area contributed by atoms with Gasteiger partial charge in [0.15, 0.2) is 11.5 Å². The summed E-state index contributed by atoms with van der Waals surface area (Å²) in [5.41, 5.74) is 4.83. The maximum atomic E-state index is 5.43. The van der Waals surface area contributed by atoms with Gasteiger partial charge in [0.1, 0.15) is 5.82 Å². The van der Waals surface area contributed by atoms with E-state index >= 15 is 0 Å². The molecule has 5 nitrogen and oxygen atoms in total. The van der Waals surface area contributed by atoms with Crippen LogP contribution in [-0.2, 0) is 0 Å². The molecular weight excluding hydrogens is 326 g/mol. The largest absolute Gasteiger partial charge is 0.493 e. The standard InChI is InChI=1S/C21H19N3O2/c1-14-11-18(15-7-5-4-6-8-15)24-21(23-14)17(13-22-24)16-9-10-19(25-2)20(12-16)26-3/h4-13,23H,1H2,2-3H3. The molecule has 130 valence electrons. The Balaban J connectivity index is 1.83. The number of methoxy groups -OCH3 is 2. The van der Waals surface area contributed by atoms with E-state index in [0.717, 1.165) is 33.9 Å². The molecule has 0 aliphatic carbocycles. The molecule has 0 fully saturated rings. The predicted octanol–water partition coefficient (Wildman–Crippen LogP) is 4.40. The van der Waals surface area contributed by atoms with Gasteiger partial charge in [-0.25, -0.2) is 4.68 Å². The van der Waals surface area contributed by atoms with Crippen LogP contribution >= 0.6 is 0 Å².